The highest BCUT2D eigenvalue weighted by Crippen LogP contribution is 2.35. The summed E-state index contributed by atoms with van der Waals surface area (Å²) >= 11 is 0. The summed E-state index contributed by atoms with van der Waals surface area (Å²) in [5, 5.41) is 9.38. The lowest BCUT2D eigenvalue weighted by Gasteiger charge is -2.28. The van der Waals surface area contributed by atoms with Gasteiger partial charge >= 0.3 is 0 Å². The van der Waals surface area contributed by atoms with E-state index in [-0.39, 0.29) is 11.8 Å². The third-order valence-electron chi connectivity index (χ3n) is 5.84. The van der Waals surface area contributed by atoms with Crippen LogP contribution in [0.5, 0.6) is 0 Å². The van der Waals surface area contributed by atoms with Gasteiger partial charge in [-0.05, 0) is 61.2 Å². The molecule has 2 unspecified atom stereocenters. The van der Waals surface area contributed by atoms with E-state index in [0.29, 0.717) is 5.71 Å². The molecule has 1 heterocycles. The first-order valence-electron chi connectivity index (χ1n) is 10.8. The molecular weight excluding hydrogens is 378 g/mol. The van der Waals surface area contributed by atoms with Crippen LogP contribution in [-0.4, -0.2) is 30.9 Å². The smallest absolute Gasteiger partial charge is 0.0475 e. The van der Waals surface area contributed by atoms with Crippen molar-refractivity contribution < 1.29 is 0 Å². The molecule has 0 saturated carbocycles. The van der Waals surface area contributed by atoms with Crippen molar-refractivity contribution >= 4 is 18.0 Å². The lowest BCUT2D eigenvalue weighted by molar-refractivity contribution is 0.402. The largest absolute Gasteiger partial charge is 0.305 e. The predicted octanol–water partition coefficient (Wildman–Crippen LogP) is 6.40. The number of aryl methyl sites for hydroxylation is 1. The molecule has 1 aliphatic heterocycles. The van der Waals surface area contributed by atoms with Gasteiger partial charge in [-0.25, -0.2) is 0 Å². The molecule has 0 saturated heterocycles. The Morgan fingerprint density at radius 2 is 2.00 bits per heavy atom. The quantitative estimate of drug-likeness (QED) is 0.501. The van der Waals surface area contributed by atoms with E-state index in [2.05, 4.69) is 86.9 Å². The highest BCUT2D eigenvalue weighted by atomic mass is 15.0. The molecule has 2 aromatic carbocycles. The molecule has 1 aliphatic rings. The van der Waals surface area contributed by atoms with Crippen molar-refractivity contribution in [2.24, 2.45) is 10.9 Å². The Balaban J connectivity index is 2.12. The fourth-order valence-electron chi connectivity index (χ4n) is 4.34. The zero-order valence-corrected chi connectivity index (χ0v) is 19.1. The Hall–Kier alpha value is -3.04. The molecule has 0 spiro atoms. The number of aliphatic imine (C=N–C) groups is 1. The molecular formula is C28H33N3. The topological polar surface area (TPSA) is 39.5 Å². The van der Waals surface area contributed by atoms with Gasteiger partial charge in [0.2, 0.25) is 0 Å². The van der Waals surface area contributed by atoms with Crippen molar-refractivity contribution in [1.29, 1.82) is 5.41 Å². The fraction of sp³-hybridized carbons (Fsp3) is 0.286. The summed E-state index contributed by atoms with van der Waals surface area (Å²) in [6, 6.07) is 14.9. The van der Waals surface area contributed by atoms with Crippen LogP contribution in [0, 0.1) is 18.3 Å². The summed E-state index contributed by atoms with van der Waals surface area (Å²) < 4.78 is 0. The van der Waals surface area contributed by atoms with Crippen LogP contribution in [0.4, 0.5) is 0 Å². The second-order valence-corrected chi connectivity index (χ2v) is 8.51. The number of benzene rings is 2. The Kier molecular flexibility index (Phi) is 7.54. The minimum absolute atomic E-state index is 0.0855. The zero-order chi connectivity index (χ0) is 22.4. The number of rotatable bonds is 8. The lowest BCUT2D eigenvalue weighted by Crippen LogP contribution is -2.24. The van der Waals surface area contributed by atoms with E-state index in [1.807, 2.05) is 30.6 Å². The van der Waals surface area contributed by atoms with E-state index in [1.165, 1.54) is 16.7 Å². The van der Waals surface area contributed by atoms with Gasteiger partial charge in [0.25, 0.3) is 0 Å². The molecule has 0 radical (unpaired) electrons. The van der Waals surface area contributed by atoms with Gasteiger partial charge in [0.15, 0.2) is 0 Å². The zero-order valence-electron chi connectivity index (χ0n) is 19.1. The molecule has 3 nitrogen and oxygen atoms in total. The molecule has 0 amide bonds. The number of hydrogen-bond acceptors (Lipinski definition) is 3. The highest BCUT2D eigenvalue weighted by molar-refractivity contribution is 6.07. The summed E-state index contributed by atoms with van der Waals surface area (Å²) in [4.78, 5) is 6.60. The van der Waals surface area contributed by atoms with Crippen LogP contribution in [-0.2, 0) is 6.54 Å². The van der Waals surface area contributed by atoms with Crippen LogP contribution in [0.15, 0.2) is 78.0 Å². The van der Waals surface area contributed by atoms with Crippen LogP contribution in [0.3, 0.4) is 0 Å². The van der Waals surface area contributed by atoms with E-state index >= 15 is 0 Å². The Morgan fingerprint density at radius 3 is 2.74 bits per heavy atom. The molecule has 2 aromatic rings. The van der Waals surface area contributed by atoms with Gasteiger partial charge in [-0.15, -0.1) is 0 Å². The van der Waals surface area contributed by atoms with Crippen LogP contribution >= 0.6 is 0 Å². The first kappa shape index (κ1) is 22.6. The summed E-state index contributed by atoms with van der Waals surface area (Å²) in [5.74, 6) is 0.0285. The van der Waals surface area contributed by atoms with Gasteiger partial charge < -0.3 is 10.3 Å². The van der Waals surface area contributed by atoms with Crippen LogP contribution < -0.4 is 0 Å². The summed E-state index contributed by atoms with van der Waals surface area (Å²) in [6.45, 7) is 9.17. The average molecular weight is 412 g/mol. The van der Waals surface area contributed by atoms with Gasteiger partial charge in [0, 0.05) is 36.2 Å². The van der Waals surface area contributed by atoms with Crippen molar-refractivity contribution in [2.45, 2.75) is 32.7 Å². The highest BCUT2D eigenvalue weighted by Gasteiger charge is 2.29. The fourth-order valence-corrected chi connectivity index (χ4v) is 4.34. The molecule has 0 aliphatic carbocycles. The Bertz CT molecular complexity index is 1040. The second-order valence-electron chi connectivity index (χ2n) is 8.51. The van der Waals surface area contributed by atoms with Crippen LogP contribution in [0.2, 0.25) is 0 Å². The molecule has 160 valence electrons. The first-order chi connectivity index (χ1) is 14.9. The van der Waals surface area contributed by atoms with E-state index in [4.69, 9.17) is 0 Å². The number of allylic oxidation sites excluding steroid dienone is 3. The van der Waals surface area contributed by atoms with Crippen LogP contribution in [0.1, 0.15) is 47.1 Å². The van der Waals surface area contributed by atoms with Gasteiger partial charge in [-0.3, -0.25) is 4.99 Å². The summed E-state index contributed by atoms with van der Waals surface area (Å²) in [6.07, 6.45) is 10.8. The molecule has 3 rings (SSSR count). The lowest BCUT2D eigenvalue weighted by atomic mass is 9.75. The monoisotopic (exact) mass is 411 g/mol. The van der Waals surface area contributed by atoms with Crippen LogP contribution in [0.25, 0.3) is 6.08 Å². The second kappa shape index (κ2) is 10.3. The van der Waals surface area contributed by atoms with Crippen molar-refractivity contribution in [3.8, 4) is 0 Å². The molecule has 3 heteroatoms. The van der Waals surface area contributed by atoms with Gasteiger partial charge in [-0.1, -0.05) is 74.2 Å². The molecule has 0 fully saturated rings. The van der Waals surface area contributed by atoms with Crippen molar-refractivity contribution in [2.75, 3.05) is 14.1 Å². The molecule has 0 aromatic heterocycles. The van der Waals surface area contributed by atoms with Gasteiger partial charge in [0.1, 0.15) is 0 Å². The van der Waals surface area contributed by atoms with Crippen molar-refractivity contribution in [3.63, 3.8) is 0 Å². The maximum atomic E-state index is 9.38. The first-order valence-corrected chi connectivity index (χ1v) is 10.8. The normalized spacial score (nSPS) is 15.3. The van der Waals surface area contributed by atoms with E-state index in [9.17, 15) is 5.41 Å². The third-order valence-corrected chi connectivity index (χ3v) is 5.84. The van der Waals surface area contributed by atoms with Crippen molar-refractivity contribution in [1.82, 2.24) is 4.90 Å². The number of nitrogens with one attached hydrogen (secondary N) is 1. The molecule has 0 bridgehead atoms. The molecule has 31 heavy (non-hydrogen) atoms. The number of nitrogens with zero attached hydrogens (tertiary/aromatic N) is 2. The Morgan fingerprint density at radius 1 is 1.23 bits per heavy atom. The minimum atomic E-state index is -0.0855. The third kappa shape index (κ3) is 5.36. The maximum Gasteiger partial charge on any atom is 0.0475 e. The Labute approximate surface area is 187 Å². The SMILES string of the molecule is C=Cc1cccc(C)c1C(=N)C(c1cccc(CN(C)C)c1)C(C)C1=CCC=CN=C1. The van der Waals surface area contributed by atoms with Gasteiger partial charge in [0.05, 0.1) is 0 Å². The number of hydrogen-bond donors (Lipinski definition) is 1. The maximum absolute atomic E-state index is 9.38. The van der Waals surface area contributed by atoms with E-state index in [0.717, 1.165) is 29.7 Å². The molecule has 1 N–H and O–H groups in total. The van der Waals surface area contributed by atoms with E-state index < -0.39 is 0 Å². The minimum Gasteiger partial charge on any atom is -0.305 e. The average Bonchev–Trinajstić information content (AvgIpc) is 3.03. The molecule has 2 atom stereocenters. The van der Waals surface area contributed by atoms with E-state index in [1.54, 1.807) is 0 Å². The standard InChI is InChI=1S/C28H33N3/c1-6-23-14-9-11-20(2)26(23)28(29)27(21(3)25-13-7-8-16-30-18-25)24-15-10-12-22(17-24)19-31(4)5/h6,8-18,21,27,29H,1,7,19H2,2-5H3. The van der Waals surface area contributed by atoms with Gasteiger partial charge in [-0.2, -0.15) is 0 Å². The summed E-state index contributed by atoms with van der Waals surface area (Å²) in [5.41, 5.74) is 7.33. The predicted molar refractivity (Wildman–Crippen MR) is 134 cm³/mol. The van der Waals surface area contributed by atoms with Crippen molar-refractivity contribution in [3.05, 3.63) is 101 Å². The summed E-state index contributed by atoms with van der Waals surface area (Å²) in [7, 11) is 4.16.